The van der Waals surface area contributed by atoms with Crippen molar-refractivity contribution >= 4 is 39.8 Å². The van der Waals surface area contributed by atoms with Crippen LogP contribution in [-0.2, 0) is 11.2 Å². The van der Waals surface area contributed by atoms with Crippen LogP contribution >= 0.6 is 11.6 Å². The van der Waals surface area contributed by atoms with Crippen molar-refractivity contribution in [3.05, 3.63) is 64.8 Å². The van der Waals surface area contributed by atoms with E-state index in [1.165, 1.54) is 24.6 Å². The first-order valence-corrected chi connectivity index (χ1v) is 9.61. The SMILES string of the molecule is CCCCc1ccc(Nc2c(C(=O)OCC)cnc3cc(Cl)ccc23)cc1. The van der Waals surface area contributed by atoms with Crippen molar-refractivity contribution in [3.8, 4) is 0 Å². The molecule has 2 aromatic carbocycles. The van der Waals surface area contributed by atoms with E-state index in [4.69, 9.17) is 16.3 Å². The number of esters is 1. The lowest BCUT2D eigenvalue weighted by atomic mass is 10.1. The van der Waals surface area contributed by atoms with Crippen LogP contribution in [0.3, 0.4) is 0 Å². The fourth-order valence-corrected chi connectivity index (χ4v) is 3.11. The molecule has 0 spiro atoms. The monoisotopic (exact) mass is 382 g/mol. The number of carbonyl (C=O) groups is 1. The third-order valence-electron chi connectivity index (χ3n) is 4.37. The average Bonchev–Trinajstić information content (AvgIpc) is 2.67. The molecule has 4 nitrogen and oxygen atoms in total. The maximum absolute atomic E-state index is 12.4. The molecule has 27 heavy (non-hydrogen) atoms. The topological polar surface area (TPSA) is 51.2 Å². The Morgan fingerprint density at radius 3 is 2.63 bits per heavy atom. The van der Waals surface area contributed by atoms with E-state index in [2.05, 4.69) is 29.4 Å². The fraction of sp³-hybridized carbons (Fsp3) is 0.273. The number of nitrogens with zero attached hydrogens (tertiary/aromatic N) is 1. The number of ether oxygens (including phenoxy) is 1. The van der Waals surface area contributed by atoms with Crippen molar-refractivity contribution in [3.63, 3.8) is 0 Å². The average molecular weight is 383 g/mol. The van der Waals surface area contributed by atoms with Gasteiger partial charge in [0.05, 0.1) is 17.8 Å². The number of hydrogen-bond donors (Lipinski definition) is 1. The Kier molecular flexibility index (Phi) is 6.30. The molecule has 0 radical (unpaired) electrons. The molecule has 0 amide bonds. The smallest absolute Gasteiger partial charge is 0.341 e. The summed E-state index contributed by atoms with van der Waals surface area (Å²) in [6.07, 6.45) is 4.96. The lowest BCUT2D eigenvalue weighted by Gasteiger charge is -2.14. The molecule has 0 bridgehead atoms. The lowest BCUT2D eigenvalue weighted by Crippen LogP contribution is -2.09. The van der Waals surface area contributed by atoms with Crippen LogP contribution in [0.5, 0.6) is 0 Å². The van der Waals surface area contributed by atoms with Gasteiger partial charge < -0.3 is 10.1 Å². The van der Waals surface area contributed by atoms with Gasteiger partial charge in [-0.2, -0.15) is 0 Å². The van der Waals surface area contributed by atoms with E-state index in [1.807, 2.05) is 18.2 Å². The summed E-state index contributed by atoms with van der Waals surface area (Å²) < 4.78 is 5.20. The molecule has 5 heteroatoms. The van der Waals surface area contributed by atoms with E-state index in [9.17, 15) is 4.79 Å². The molecule has 1 heterocycles. The number of anilines is 2. The Balaban J connectivity index is 1.99. The minimum atomic E-state index is -0.399. The summed E-state index contributed by atoms with van der Waals surface area (Å²) in [6.45, 7) is 4.28. The third-order valence-corrected chi connectivity index (χ3v) is 4.60. The van der Waals surface area contributed by atoms with Gasteiger partial charge in [-0.3, -0.25) is 4.98 Å². The third kappa shape index (κ3) is 4.58. The molecule has 0 unspecified atom stereocenters. The second-order valence-electron chi connectivity index (χ2n) is 6.35. The van der Waals surface area contributed by atoms with E-state index in [1.54, 1.807) is 19.1 Å². The zero-order valence-electron chi connectivity index (χ0n) is 15.6. The number of benzene rings is 2. The highest BCUT2D eigenvalue weighted by Gasteiger charge is 2.17. The van der Waals surface area contributed by atoms with E-state index < -0.39 is 5.97 Å². The van der Waals surface area contributed by atoms with E-state index in [0.717, 1.165) is 23.0 Å². The van der Waals surface area contributed by atoms with Crippen LogP contribution < -0.4 is 5.32 Å². The summed E-state index contributed by atoms with van der Waals surface area (Å²) in [4.78, 5) is 16.8. The molecule has 0 saturated heterocycles. The molecular formula is C22H23ClN2O2. The minimum absolute atomic E-state index is 0.309. The van der Waals surface area contributed by atoms with E-state index in [-0.39, 0.29) is 0 Å². The molecule has 0 aliphatic carbocycles. The first-order valence-electron chi connectivity index (χ1n) is 9.23. The van der Waals surface area contributed by atoms with Crippen molar-refractivity contribution in [1.82, 2.24) is 4.98 Å². The number of hydrogen-bond acceptors (Lipinski definition) is 4. The molecule has 1 N–H and O–H groups in total. The molecular weight excluding hydrogens is 360 g/mol. The zero-order valence-corrected chi connectivity index (χ0v) is 16.3. The molecule has 1 aromatic heterocycles. The Morgan fingerprint density at radius 1 is 1.15 bits per heavy atom. The Labute approximate surface area is 164 Å². The van der Waals surface area contributed by atoms with Gasteiger partial charge in [0.2, 0.25) is 0 Å². The Hall–Kier alpha value is -2.59. The van der Waals surface area contributed by atoms with Gasteiger partial charge in [0.15, 0.2) is 0 Å². The zero-order chi connectivity index (χ0) is 19.2. The van der Waals surface area contributed by atoms with Crippen LogP contribution in [0, 0.1) is 0 Å². The van der Waals surface area contributed by atoms with Crippen molar-refractivity contribution in [1.29, 1.82) is 0 Å². The van der Waals surface area contributed by atoms with Gasteiger partial charge in [-0.05, 0) is 55.7 Å². The number of nitrogens with one attached hydrogen (secondary N) is 1. The largest absolute Gasteiger partial charge is 0.462 e. The number of unbranched alkanes of at least 4 members (excludes halogenated alkanes) is 1. The predicted octanol–water partition coefficient (Wildman–Crippen LogP) is 6.15. The Bertz CT molecular complexity index is 939. The minimum Gasteiger partial charge on any atom is -0.462 e. The van der Waals surface area contributed by atoms with Gasteiger partial charge in [-0.15, -0.1) is 0 Å². The molecule has 0 saturated carbocycles. The van der Waals surface area contributed by atoms with Crippen molar-refractivity contribution in [2.75, 3.05) is 11.9 Å². The highest BCUT2D eigenvalue weighted by molar-refractivity contribution is 6.31. The number of halogens is 1. The molecule has 0 aliphatic rings. The van der Waals surface area contributed by atoms with Crippen LogP contribution in [0.2, 0.25) is 5.02 Å². The number of aryl methyl sites for hydroxylation is 1. The van der Waals surface area contributed by atoms with Crippen molar-refractivity contribution in [2.45, 2.75) is 33.1 Å². The van der Waals surface area contributed by atoms with E-state index >= 15 is 0 Å². The molecule has 3 aromatic rings. The first kappa shape index (κ1) is 19.2. The van der Waals surface area contributed by atoms with Crippen LogP contribution in [0.25, 0.3) is 10.9 Å². The molecule has 140 valence electrons. The quantitative estimate of drug-likeness (QED) is 0.498. The number of carbonyl (C=O) groups excluding carboxylic acids is 1. The highest BCUT2D eigenvalue weighted by Crippen LogP contribution is 2.31. The normalized spacial score (nSPS) is 10.8. The number of pyridine rings is 1. The molecule has 0 atom stereocenters. The maximum Gasteiger partial charge on any atom is 0.341 e. The lowest BCUT2D eigenvalue weighted by molar-refractivity contribution is 0.0527. The molecule has 3 rings (SSSR count). The summed E-state index contributed by atoms with van der Waals surface area (Å²) in [5, 5.41) is 4.80. The Morgan fingerprint density at radius 2 is 1.93 bits per heavy atom. The standard InChI is InChI=1S/C22H23ClN2O2/c1-3-5-6-15-7-10-17(11-8-15)25-21-18-12-9-16(23)13-20(18)24-14-19(21)22(26)27-4-2/h7-14H,3-6H2,1-2H3,(H,24,25). The van der Waals surface area contributed by atoms with E-state index in [0.29, 0.717) is 22.9 Å². The van der Waals surface area contributed by atoms with Crippen LogP contribution in [0.4, 0.5) is 11.4 Å². The van der Waals surface area contributed by atoms with Crippen LogP contribution in [-0.4, -0.2) is 17.6 Å². The van der Waals surface area contributed by atoms with Gasteiger partial charge in [0.1, 0.15) is 5.56 Å². The number of fused-ring (bicyclic) bond motifs is 1. The number of aromatic nitrogens is 1. The number of rotatable bonds is 7. The van der Waals surface area contributed by atoms with Crippen LogP contribution in [0.1, 0.15) is 42.6 Å². The molecule has 0 fully saturated rings. The predicted molar refractivity (Wildman–Crippen MR) is 111 cm³/mol. The first-order chi connectivity index (χ1) is 13.1. The summed E-state index contributed by atoms with van der Waals surface area (Å²) in [5.41, 5.74) is 4.01. The second kappa shape index (κ2) is 8.87. The summed E-state index contributed by atoms with van der Waals surface area (Å²) >= 11 is 6.09. The van der Waals surface area contributed by atoms with Gasteiger partial charge in [-0.25, -0.2) is 4.79 Å². The van der Waals surface area contributed by atoms with Gasteiger partial charge >= 0.3 is 5.97 Å². The fourth-order valence-electron chi connectivity index (χ4n) is 2.95. The van der Waals surface area contributed by atoms with Gasteiger partial charge in [-0.1, -0.05) is 37.1 Å². The second-order valence-corrected chi connectivity index (χ2v) is 6.79. The summed E-state index contributed by atoms with van der Waals surface area (Å²) in [5.74, 6) is -0.399. The highest BCUT2D eigenvalue weighted by atomic mass is 35.5. The van der Waals surface area contributed by atoms with Crippen LogP contribution in [0.15, 0.2) is 48.7 Å². The van der Waals surface area contributed by atoms with Crippen molar-refractivity contribution in [2.24, 2.45) is 0 Å². The molecule has 0 aliphatic heterocycles. The van der Waals surface area contributed by atoms with Gasteiger partial charge in [0.25, 0.3) is 0 Å². The summed E-state index contributed by atoms with van der Waals surface area (Å²) in [6, 6.07) is 13.7. The van der Waals surface area contributed by atoms with Crippen molar-refractivity contribution < 1.29 is 9.53 Å². The maximum atomic E-state index is 12.4. The van der Waals surface area contributed by atoms with Gasteiger partial charge in [0, 0.05) is 22.3 Å². The summed E-state index contributed by atoms with van der Waals surface area (Å²) in [7, 11) is 0.